The minimum absolute atomic E-state index is 0.0225. The Morgan fingerprint density at radius 1 is 1.42 bits per heavy atom. The highest BCUT2D eigenvalue weighted by Gasteiger charge is 2.13. The molecule has 0 fully saturated rings. The fourth-order valence-electron chi connectivity index (χ4n) is 0.590. The van der Waals surface area contributed by atoms with Crippen LogP contribution in [0.25, 0.3) is 0 Å². The lowest BCUT2D eigenvalue weighted by Crippen LogP contribution is -2.07. The third-order valence-electron chi connectivity index (χ3n) is 1.25. The van der Waals surface area contributed by atoms with Gasteiger partial charge in [0.25, 0.3) is 0 Å². The topological polar surface area (TPSA) is 59.9 Å². The van der Waals surface area contributed by atoms with Gasteiger partial charge < -0.3 is 0 Å². The second-order valence-electron chi connectivity index (χ2n) is 2.09. The van der Waals surface area contributed by atoms with E-state index < -0.39 is 9.84 Å². The fourth-order valence-corrected chi connectivity index (χ4v) is 1.48. The van der Waals surface area contributed by atoms with Crippen LogP contribution in [0.4, 0.5) is 0 Å². The molecule has 0 aliphatic heterocycles. The van der Waals surface area contributed by atoms with Crippen LogP contribution in [0, 0.1) is 0 Å². The Morgan fingerprint density at radius 3 is 2.33 bits per heavy atom. The summed E-state index contributed by atoms with van der Waals surface area (Å²) in [4.78, 5) is 7.35. The van der Waals surface area contributed by atoms with Gasteiger partial charge in [-0.05, 0) is 15.9 Å². The Kier molecular flexibility index (Phi) is 2.79. The van der Waals surface area contributed by atoms with E-state index >= 15 is 0 Å². The van der Waals surface area contributed by atoms with Crippen molar-refractivity contribution in [3.63, 3.8) is 0 Å². The van der Waals surface area contributed by atoms with Crippen LogP contribution in [0.1, 0.15) is 6.92 Å². The molecule has 0 bridgehead atoms. The molecule has 0 unspecified atom stereocenters. The smallest absolute Gasteiger partial charge is 0.226 e. The molecule has 0 saturated heterocycles. The van der Waals surface area contributed by atoms with Crippen LogP contribution in [0.2, 0.25) is 0 Å². The highest BCUT2D eigenvalue weighted by Crippen LogP contribution is 2.08. The standard InChI is InChI=1S/C6H7BrN2O2S/c1-2-12(10,11)6-8-3-5(7)4-9-6/h3-4H,2H2,1H3. The van der Waals surface area contributed by atoms with Crippen molar-refractivity contribution in [1.82, 2.24) is 9.97 Å². The maximum absolute atomic E-state index is 11.2. The molecule has 0 amide bonds. The number of halogens is 1. The maximum atomic E-state index is 11.2. The zero-order valence-electron chi connectivity index (χ0n) is 6.36. The first kappa shape index (κ1) is 9.60. The average molecular weight is 251 g/mol. The van der Waals surface area contributed by atoms with Gasteiger partial charge in [0.1, 0.15) is 0 Å². The summed E-state index contributed by atoms with van der Waals surface area (Å²) < 4.78 is 23.0. The van der Waals surface area contributed by atoms with Crippen LogP contribution in [-0.2, 0) is 9.84 Å². The van der Waals surface area contributed by atoms with Gasteiger partial charge in [-0.15, -0.1) is 0 Å². The van der Waals surface area contributed by atoms with Gasteiger partial charge in [0.05, 0.1) is 10.2 Å². The molecule has 1 aromatic heterocycles. The van der Waals surface area contributed by atoms with Crippen molar-refractivity contribution in [3.8, 4) is 0 Å². The molecule has 0 radical (unpaired) electrons. The average Bonchev–Trinajstić information content (AvgIpc) is 2.05. The van der Waals surface area contributed by atoms with E-state index in [1.165, 1.54) is 12.4 Å². The minimum Gasteiger partial charge on any atom is -0.226 e. The Hall–Kier alpha value is -0.490. The second-order valence-corrected chi connectivity index (χ2v) is 5.17. The summed E-state index contributed by atoms with van der Waals surface area (Å²) in [5, 5.41) is -0.117. The summed E-state index contributed by atoms with van der Waals surface area (Å²) in [6.07, 6.45) is 2.82. The molecule has 0 aliphatic rings. The first-order chi connectivity index (χ1) is 5.56. The quantitative estimate of drug-likeness (QED) is 0.736. The first-order valence-corrected chi connectivity index (χ1v) is 5.71. The van der Waals surface area contributed by atoms with Crippen molar-refractivity contribution in [1.29, 1.82) is 0 Å². The number of sulfone groups is 1. The van der Waals surface area contributed by atoms with Crippen LogP contribution >= 0.6 is 15.9 Å². The van der Waals surface area contributed by atoms with E-state index in [4.69, 9.17) is 0 Å². The summed E-state index contributed by atoms with van der Waals surface area (Å²) in [5.41, 5.74) is 0. The molecule has 0 atom stereocenters. The lowest BCUT2D eigenvalue weighted by atomic mass is 10.7. The zero-order valence-corrected chi connectivity index (χ0v) is 8.76. The van der Waals surface area contributed by atoms with Gasteiger partial charge >= 0.3 is 0 Å². The maximum Gasteiger partial charge on any atom is 0.247 e. The number of rotatable bonds is 2. The second kappa shape index (κ2) is 3.49. The molecule has 0 saturated carbocycles. The summed E-state index contributed by atoms with van der Waals surface area (Å²) in [5.74, 6) is 0.0225. The van der Waals surface area contributed by atoms with Gasteiger partial charge in [0.15, 0.2) is 0 Å². The van der Waals surface area contributed by atoms with E-state index in [0.29, 0.717) is 4.47 Å². The molecule has 12 heavy (non-hydrogen) atoms. The van der Waals surface area contributed by atoms with Crippen molar-refractivity contribution >= 4 is 25.8 Å². The highest BCUT2D eigenvalue weighted by molar-refractivity contribution is 9.10. The van der Waals surface area contributed by atoms with E-state index in [0.717, 1.165) is 0 Å². The Bertz CT molecular complexity index is 360. The van der Waals surface area contributed by atoms with Gasteiger partial charge in [-0.2, -0.15) is 0 Å². The predicted octanol–water partition coefficient (Wildman–Crippen LogP) is 1.03. The molecular weight excluding hydrogens is 244 g/mol. The van der Waals surface area contributed by atoms with Gasteiger partial charge in [0, 0.05) is 12.4 Å². The summed E-state index contributed by atoms with van der Waals surface area (Å²) in [6.45, 7) is 1.56. The van der Waals surface area contributed by atoms with Crippen LogP contribution in [0.3, 0.4) is 0 Å². The molecule has 0 spiro atoms. The Labute approximate surface area is 79.1 Å². The largest absolute Gasteiger partial charge is 0.247 e. The van der Waals surface area contributed by atoms with E-state index in [2.05, 4.69) is 25.9 Å². The lowest BCUT2D eigenvalue weighted by Gasteiger charge is -1.97. The molecule has 1 rings (SSSR count). The Morgan fingerprint density at radius 2 is 1.92 bits per heavy atom. The molecular formula is C6H7BrN2O2S. The summed E-state index contributed by atoms with van der Waals surface area (Å²) >= 11 is 3.11. The molecule has 66 valence electrons. The van der Waals surface area contributed by atoms with Crippen LogP contribution in [0.5, 0.6) is 0 Å². The van der Waals surface area contributed by atoms with Crippen molar-refractivity contribution in [3.05, 3.63) is 16.9 Å². The van der Waals surface area contributed by atoms with Crippen molar-refractivity contribution in [2.45, 2.75) is 12.1 Å². The van der Waals surface area contributed by atoms with Crippen molar-refractivity contribution in [2.75, 3.05) is 5.75 Å². The highest BCUT2D eigenvalue weighted by atomic mass is 79.9. The lowest BCUT2D eigenvalue weighted by molar-refractivity contribution is 0.588. The molecule has 0 aromatic carbocycles. The molecule has 4 nitrogen and oxygen atoms in total. The zero-order chi connectivity index (χ0) is 9.19. The summed E-state index contributed by atoms with van der Waals surface area (Å²) in [7, 11) is -3.26. The van der Waals surface area contributed by atoms with E-state index in [1.807, 2.05) is 0 Å². The first-order valence-electron chi connectivity index (χ1n) is 3.26. The van der Waals surface area contributed by atoms with Gasteiger partial charge in [-0.25, -0.2) is 18.4 Å². The van der Waals surface area contributed by atoms with Crippen LogP contribution in [-0.4, -0.2) is 24.1 Å². The summed E-state index contributed by atoms with van der Waals surface area (Å²) in [6, 6.07) is 0. The number of aromatic nitrogens is 2. The number of nitrogens with zero attached hydrogens (tertiary/aromatic N) is 2. The van der Waals surface area contributed by atoms with Gasteiger partial charge in [0.2, 0.25) is 15.0 Å². The predicted molar refractivity (Wildman–Crippen MR) is 47.5 cm³/mol. The molecule has 1 heterocycles. The van der Waals surface area contributed by atoms with Gasteiger partial charge in [-0.1, -0.05) is 6.92 Å². The van der Waals surface area contributed by atoms with Crippen LogP contribution in [0.15, 0.2) is 22.0 Å². The van der Waals surface area contributed by atoms with Crippen molar-refractivity contribution in [2.24, 2.45) is 0 Å². The minimum atomic E-state index is -3.26. The molecule has 1 aromatic rings. The van der Waals surface area contributed by atoms with Crippen LogP contribution < -0.4 is 0 Å². The van der Waals surface area contributed by atoms with E-state index in [-0.39, 0.29) is 10.9 Å². The fraction of sp³-hybridized carbons (Fsp3) is 0.333. The number of hydrogen-bond acceptors (Lipinski definition) is 4. The monoisotopic (exact) mass is 250 g/mol. The Balaban J connectivity index is 3.14. The van der Waals surface area contributed by atoms with E-state index in [1.54, 1.807) is 6.92 Å². The number of hydrogen-bond donors (Lipinski definition) is 0. The molecule has 6 heteroatoms. The SMILES string of the molecule is CCS(=O)(=O)c1ncc(Br)cn1. The third kappa shape index (κ3) is 2.01. The third-order valence-corrected chi connectivity index (χ3v) is 3.19. The van der Waals surface area contributed by atoms with Gasteiger partial charge in [-0.3, -0.25) is 0 Å². The van der Waals surface area contributed by atoms with Crippen molar-refractivity contribution < 1.29 is 8.42 Å². The molecule has 0 N–H and O–H groups in total. The molecule has 0 aliphatic carbocycles. The normalized spacial score (nSPS) is 11.5. The van der Waals surface area contributed by atoms with E-state index in [9.17, 15) is 8.42 Å².